The molecule has 1 atom stereocenters. The molecule has 0 aliphatic carbocycles. The highest BCUT2D eigenvalue weighted by Gasteiger charge is 2.14. The van der Waals surface area contributed by atoms with Crippen LogP contribution in [0.25, 0.3) is 0 Å². The van der Waals surface area contributed by atoms with E-state index in [2.05, 4.69) is 31.9 Å². The summed E-state index contributed by atoms with van der Waals surface area (Å²) in [4.78, 5) is 24.6. The predicted molar refractivity (Wildman–Crippen MR) is 118 cm³/mol. The van der Waals surface area contributed by atoms with Gasteiger partial charge in [-0.05, 0) is 68.0 Å². The van der Waals surface area contributed by atoms with Crippen molar-refractivity contribution < 1.29 is 14.3 Å². The summed E-state index contributed by atoms with van der Waals surface area (Å²) in [5.74, 6) is -0.0705. The van der Waals surface area contributed by atoms with Crippen LogP contribution in [0.4, 0.5) is 5.69 Å². The number of thiocarbonyl (C=S) groups is 1. The minimum absolute atomic E-state index is 0.114. The number of anilines is 1. The Morgan fingerprint density at radius 3 is 2.43 bits per heavy atom. The zero-order valence-electron chi connectivity index (χ0n) is 15.8. The molecule has 0 fully saturated rings. The highest BCUT2D eigenvalue weighted by molar-refractivity contribution is 9.10. The monoisotopic (exact) mass is 463 g/mol. The number of amides is 2. The molecular formula is C20H22BrN3O3S. The van der Waals surface area contributed by atoms with E-state index in [1.54, 1.807) is 42.5 Å². The third-order valence-corrected chi connectivity index (χ3v) is 4.73. The summed E-state index contributed by atoms with van der Waals surface area (Å²) in [6.45, 7) is 3.96. The highest BCUT2D eigenvalue weighted by atomic mass is 79.9. The largest absolute Gasteiger partial charge is 0.496 e. The van der Waals surface area contributed by atoms with E-state index in [4.69, 9.17) is 17.0 Å². The number of methoxy groups -OCH3 is 1. The molecule has 0 saturated heterocycles. The molecule has 0 aliphatic heterocycles. The molecule has 8 heteroatoms. The number of ether oxygens (including phenoxy) is 1. The van der Waals surface area contributed by atoms with E-state index < -0.39 is 0 Å². The van der Waals surface area contributed by atoms with Crippen molar-refractivity contribution in [2.24, 2.45) is 0 Å². The van der Waals surface area contributed by atoms with Gasteiger partial charge in [0.05, 0.1) is 12.7 Å². The standard InChI is InChI=1S/C20H22BrN3O3S/c1-4-12(2)22-18(25)13-5-8-15(9-6-13)23-20(28)24-19(26)16-11-14(21)7-10-17(16)27-3/h5-12H,4H2,1-3H3,(H,22,25)(H2,23,24,26,28). The molecule has 2 aromatic carbocycles. The summed E-state index contributed by atoms with van der Waals surface area (Å²) in [5, 5.41) is 8.60. The third kappa shape index (κ3) is 6.03. The Bertz CT molecular complexity index is 871. The van der Waals surface area contributed by atoms with Crippen molar-refractivity contribution in [2.75, 3.05) is 12.4 Å². The first-order valence-electron chi connectivity index (χ1n) is 8.70. The van der Waals surface area contributed by atoms with Gasteiger partial charge in [-0.1, -0.05) is 22.9 Å². The molecule has 28 heavy (non-hydrogen) atoms. The number of hydrogen-bond acceptors (Lipinski definition) is 4. The van der Waals surface area contributed by atoms with Crippen molar-refractivity contribution in [1.82, 2.24) is 10.6 Å². The molecule has 0 aromatic heterocycles. The lowest BCUT2D eigenvalue weighted by molar-refractivity contribution is 0.0937. The van der Waals surface area contributed by atoms with Crippen LogP contribution in [-0.2, 0) is 0 Å². The van der Waals surface area contributed by atoms with Crippen LogP contribution in [0.1, 0.15) is 41.0 Å². The number of halogens is 1. The Labute approximate surface area is 178 Å². The van der Waals surface area contributed by atoms with Gasteiger partial charge in [0.1, 0.15) is 5.75 Å². The molecule has 2 amide bonds. The summed E-state index contributed by atoms with van der Waals surface area (Å²) in [5.41, 5.74) is 1.57. The van der Waals surface area contributed by atoms with Crippen LogP contribution in [0.5, 0.6) is 5.75 Å². The molecule has 0 heterocycles. The van der Waals surface area contributed by atoms with Crippen molar-refractivity contribution in [1.29, 1.82) is 0 Å². The number of rotatable bonds is 6. The minimum atomic E-state index is -0.389. The molecule has 6 nitrogen and oxygen atoms in total. The van der Waals surface area contributed by atoms with Gasteiger partial charge in [0.15, 0.2) is 5.11 Å². The van der Waals surface area contributed by atoms with Crippen molar-refractivity contribution >= 4 is 50.8 Å². The first-order valence-corrected chi connectivity index (χ1v) is 9.91. The first-order chi connectivity index (χ1) is 13.3. The van der Waals surface area contributed by atoms with Crippen molar-refractivity contribution in [3.63, 3.8) is 0 Å². The van der Waals surface area contributed by atoms with Crippen LogP contribution < -0.4 is 20.7 Å². The van der Waals surface area contributed by atoms with Crippen molar-refractivity contribution in [3.05, 3.63) is 58.1 Å². The third-order valence-electron chi connectivity index (χ3n) is 4.03. The molecule has 0 radical (unpaired) electrons. The lowest BCUT2D eigenvalue weighted by atomic mass is 10.1. The lowest BCUT2D eigenvalue weighted by Crippen LogP contribution is -2.34. The second-order valence-corrected chi connectivity index (χ2v) is 7.44. The second kappa shape index (κ2) is 10.2. The van der Waals surface area contributed by atoms with E-state index in [1.165, 1.54) is 7.11 Å². The molecule has 148 valence electrons. The fourth-order valence-corrected chi connectivity index (χ4v) is 2.88. The first kappa shape index (κ1) is 21.8. The maximum atomic E-state index is 12.5. The van der Waals surface area contributed by atoms with Crippen LogP contribution in [0.3, 0.4) is 0 Å². The van der Waals surface area contributed by atoms with Gasteiger partial charge in [-0.25, -0.2) is 0 Å². The van der Waals surface area contributed by atoms with Crippen LogP contribution >= 0.6 is 28.1 Å². The number of carbonyl (C=O) groups excluding carboxylic acids is 2. The normalized spacial score (nSPS) is 11.3. The number of hydrogen-bond donors (Lipinski definition) is 3. The molecule has 0 spiro atoms. The molecule has 0 aliphatic rings. The Kier molecular flexibility index (Phi) is 7.95. The predicted octanol–water partition coefficient (Wildman–Crippen LogP) is 4.11. The topological polar surface area (TPSA) is 79.5 Å². The SMILES string of the molecule is CCC(C)NC(=O)c1ccc(NC(=S)NC(=O)c2cc(Br)ccc2OC)cc1. The van der Waals surface area contributed by atoms with Crippen LogP contribution in [0.2, 0.25) is 0 Å². The van der Waals surface area contributed by atoms with Gasteiger partial charge in [0.25, 0.3) is 11.8 Å². The van der Waals surface area contributed by atoms with E-state index in [-0.39, 0.29) is 23.0 Å². The number of nitrogens with one attached hydrogen (secondary N) is 3. The molecule has 2 rings (SSSR count). The van der Waals surface area contributed by atoms with Crippen LogP contribution in [-0.4, -0.2) is 30.1 Å². The molecule has 2 aromatic rings. The van der Waals surface area contributed by atoms with Gasteiger partial charge in [-0.15, -0.1) is 0 Å². The number of benzene rings is 2. The summed E-state index contributed by atoms with van der Waals surface area (Å²) in [6, 6.07) is 12.1. The van der Waals surface area contributed by atoms with Gasteiger partial charge in [-0.3, -0.25) is 14.9 Å². The smallest absolute Gasteiger partial charge is 0.261 e. The molecule has 0 bridgehead atoms. The van der Waals surface area contributed by atoms with E-state index in [0.29, 0.717) is 22.6 Å². The fraction of sp³-hybridized carbons (Fsp3) is 0.250. The summed E-state index contributed by atoms with van der Waals surface area (Å²) >= 11 is 8.54. The molecule has 0 saturated carbocycles. The molecular weight excluding hydrogens is 442 g/mol. The van der Waals surface area contributed by atoms with Gasteiger partial charge >= 0.3 is 0 Å². The van der Waals surface area contributed by atoms with Crippen molar-refractivity contribution in [2.45, 2.75) is 26.3 Å². The van der Waals surface area contributed by atoms with Crippen LogP contribution in [0.15, 0.2) is 46.9 Å². The van der Waals surface area contributed by atoms with Gasteiger partial charge in [0.2, 0.25) is 0 Å². The Hall–Kier alpha value is -2.45. The summed E-state index contributed by atoms with van der Waals surface area (Å²) < 4.78 is 5.96. The second-order valence-electron chi connectivity index (χ2n) is 6.11. The Morgan fingerprint density at radius 2 is 1.82 bits per heavy atom. The van der Waals surface area contributed by atoms with E-state index in [9.17, 15) is 9.59 Å². The minimum Gasteiger partial charge on any atom is -0.496 e. The summed E-state index contributed by atoms with van der Waals surface area (Å²) in [6.07, 6.45) is 0.863. The van der Waals surface area contributed by atoms with Gasteiger partial charge in [-0.2, -0.15) is 0 Å². The lowest BCUT2D eigenvalue weighted by Gasteiger charge is -2.13. The highest BCUT2D eigenvalue weighted by Crippen LogP contribution is 2.22. The van der Waals surface area contributed by atoms with Crippen molar-refractivity contribution in [3.8, 4) is 5.75 Å². The molecule has 3 N–H and O–H groups in total. The summed E-state index contributed by atoms with van der Waals surface area (Å²) in [7, 11) is 1.50. The van der Waals surface area contributed by atoms with Gasteiger partial charge in [0, 0.05) is 21.8 Å². The fourth-order valence-electron chi connectivity index (χ4n) is 2.30. The van der Waals surface area contributed by atoms with Gasteiger partial charge < -0.3 is 15.4 Å². The van der Waals surface area contributed by atoms with E-state index in [1.807, 2.05) is 13.8 Å². The maximum Gasteiger partial charge on any atom is 0.261 e. The van der Waals surface area contributed by atoms with Crippen LogP contribution in [0, 0.1) is 0 Å². The number of carbonyl (C=O) groups is 2. The maximum absolute atomic E-state index is 12.5. The van der Waals surface area contributed by atoms with E-state index in [0.717, 1.165) is 10.9 Å². The Morgan fingerprint density at radius 1 is 1.14 bits per heavy atom. The Balaban J connectivity index is 1.99. The zero-order chi connectivity index (χ0) is 20.7. The molecule has 1 unspecified atom stereocenters. The average Bonchev–Trinajstić information content (AvgIpc) is 2.68. The average molecular weight is 464 g/mol. The zero-order valence-corrected chi connectivity index (χ0v) is 18.2. The quantitative estimate of drug-likeness (QED) is 0.561. The van der Waals surface area contributed by atoms with E-state index >= 15 is 0 Å².